The SMILES string of the molecule is Cn1cc(S(=O)(=O)Nc2nc3ccccc3nc2NCCc2cccs2)cn1. The van der Waals surface area contributed by atoms with Crippen LogP contribution in [0.3, 0.4) is 0 Å². The normalized spacial score (nSPS) is 11.6. The standard InChI is InChI=1S/C18H18N6O2S2/c1-24-12-14(11-20-24)28(25,26)23-18-17(19-9-8-13-5-4-10-27-13)21-15-6-2-3-7-16(15)22-18/h2-7,10-12H,8-9H2,1H3,(H,19,21)(H,22,23). The van der Waals surface area contributed by atoms with E-state index in [0.29, 0.717) is 23.4 Å². The van der Waals surface area contributed by atoms with E-state index in [-0.39, 0.29) is 10.7 Å². The smallest absolute Gasteiger partial charge is 0.266 e. The maximum atomic E-state index is 12.7. The van der Waals surface area contributed by atoms with Crippen LogP contribution in [0.15, 0.2) is 59.1 Å². The molecule has 0 atom stereocenters. The average Bonchev–Trinajstić information content (AvgIpc) is 3.34. The quantitative estimate of drug-likeness (QED) is 0.482. The summed E-state index contributed by atoms with van der Waals surface area (Å²) in [6.07, 6.45) is 3.53. The minimum atomic E-state index is -3.83. The Morgan fingerprint density at radius 1 is 1.07 bits per heavy atom. The van der Waals surface area contributed by atoms with E-state index in [4.69, 9.17) is 0 Å². The predicted octanol–water partition coefficient (Wildman–Crippen LogP) is 2.88. The van der Waals surface area contributed by atoms with E-state index in [9.17, 15) is 8.42 Å². The molecular formula is C18H18N6O2S2. The minimum absolute atomic E-state index is 0.0643. The van der Waals surface area contributed by atoms with Crippen molar-refractivity contribution in [3.63, 3.8) is 0 Å². The van der Waals surface area contributed by atoms with Gasteiger partial charge in [0.1, 0.15) is 4.90 Å². The van der Waals surface area contributed by atoms with E-state index < -0.39 is 10.0 Å². The lowest BCUT2D eigenvalue weighted by Crippen LogP contribution is -2.17. The molecule has 3 heterocycles. The number of sulfonamides is 1. The maximum absolute atomic E-state index is 12.7. The van der Waals surface area contributed by atoms with Gasteiger partial charge >= 0.3 is 0 Å². The van der Waals surface area contributed by atoms with Gasteiger partial charge in [-0.1, -0.05) is 18.2 Å². The highest BCUT2D eigenvalue weighted by atomic mass is 32.2. The van der Waals surface area contributed by atoms with Crippen molar-refractivity contribution >= 4 is 44.0 Å². The molecule has 144 valence electrons. The third-order valence-corrected chi connectivity index (χ3v) is 6.27. The van der Waals surface area contributed by atoms with E-state index >= 15 is 0 Å². The fraction of sp³-hybridized carbons (Fsp3) is 0.167. The average molecular weight is 415 g/mol. The lowest BCUT2D eigenvalue weighted by Gasteiger charge is -2.13. The molecule has 0 aliphatic heterocycles. The number of hydrogen-bond acceptors (Lipinski definition) is 7. The Bertz CT molecular complexity index is 1200. The van der Waals surface area contributed by atoms with Gasteiger partial charge in [0, 0.05) is 24.7 Å². The van der Waals surface area contributed by atoms with Crippen LogP contribution in [0.2, 0.25) is 0 Å². The van der Waals surface area contributed by atoms with E-state index in [1.807, 2.05) is 29.6 Å². The highest BCUT2D eigenvalue weighted by molar-refractivity contribution is 7.92. The Morgan fingerprint density at radius 2 is 1.82 bits per heavy atom. The van der Waals surface area contributed by atoms with Crippen LogP contribution < -0.4 is 10.0 Å². The zero-order chi connectivity index (χ0) is 19.6. The third-order valence-electron chi connectivity index (χ3n) is 4.04. The van der Waals surface area contributed by atoms with Crippen LogP contribution in [-0.2, 0) is 23.5 Å². The Labute approximate surface area is 166 Å². The number of aromatic nitrogens is 4. The van der Waals surface area contributed by atoms with Crippen molar-refractivity contribution in [1.29, 1.82) is 0 Å². The van der Waals surface area contributed by atoms with E-state index in [1.165, 1.54) is 22.0 Å². The molecule has 3 aromatic heterocycles. The first-order valence-electron chi connectivity index (χ1n) is 8.56. The number of aryl methyl sites for hydroxylation is 1. The van der Waals surface area contributed by atoms with Gasteiger partial charge in [0.25, 0.3) is 10.0 Å². The lowest BCUT2D eigenvalue weighted by atomic mass is 10.3. The second-order valence-corrected chi connectivity index (χ2v) is 8.84. The minimum Gasteiger partial charge on any atom is -0.367 e. The number of benzene rings is 1. The largest absolute Gasteiger partial charge is 0.367 e. The molecule has 0 fully saturated rings. The number of anilines is 2. The molecule has 10 heteroatoms. The van der Waals surface area contributed by atoms with Crippen LogP contribution in [0.4, 0.5) is 11.6 Å². The molecule has 0 saturated carbocycles. The van der Waals surface area contributed by atoms with Crippen molar-refractivity contribution in [2.24, 2.45) is 7.05 Å². The first-order valence-corrected chi connectivity index (χ1v) is 10.9. The molecule has 0 spiro atoms. The fourth-order valence-electron chi connectivity index (χ4n) is 2.68. The number of nitrogens with one attached hydrogen (secondary N) is 2. The number of rotatable bonds is 7. The first kappa shape index (κ1) is 18.4. The summed E-state index contributed by atoms with van der Waals surface area (Å²) in [5, 5.41) is 9.16. The molecule has 0 aliphatic rings. The number of para-hydroxylation sites is 2. The first-order chi connectivity index (χ1) is 13.5. The van der Waals surface area contributed by atoms with Crippen molar-refractivity contribution < 1.29 is 8.42 Å². The van der Waals surface area contributed by atoms with Crippen LogP contribution in [0.25, 0.3) is 11.0 Å². The summed E-state index contributed by atoms with van der Waals surface area (Å²) in [6.45, 7) is 0.606. The van der Waals surface area contributed by atoms with Crippen molar-refractivity contribution in [1.82, 2.24) is 19.7 Å². The number of fused-ring (bicyclic) bond motifs is 1. The molecule has 0 aliphatic carbocycles. The Balaban J connectivity index is 1.64. The van der Waals surface area contributed by atoms with Gasteiger partial charge in [-0.05, 0) is 30.0 Å². The van der Waals surface area contributed by atoms with Gasteiger partial charge in [0.15, 0.2) is 11.6 Å². The summed E-state index contributed by atoms with van der Waals surface area (Å²) < 4.78 is 29.4. The summed E-state index contributed by atoms with van der Waals surface area (Å²) in [6, 6.07) is 11.4. The molecule has 8 nitrogen and oxygen atoms in total. The second-order valence-electron chi connectivity index (χ2n) is 6.12. The molecule has 0 saturated heterocycles. The molecule has 0 radical (unpaired) electrons. The Morgan fingerprint density at radius 3 is 2.46 bits per heavy atom. The third kappa shape index (κ3) is 3.97. The molecule has 0 bridgehead atoms. The van der Waals surface area contributed by atoms with Crippen LogP contribution in [0, 0.1) is 0 Å². The van der Waals surface area contributed by atoms with E-state index in [0.717, 1.165) is 6.42 Å². The van der Waals surface area contributed by atoms with Crippen molar-refractivity contribution in [3.8, 4) is 0 Å². The van der Waals surface area contributed by atoms with Crippen LogP contribution >= 0.6 is 11.3 Å². The molecule has 28 heavy (non-hydrogen) atoms. The molecular weight excluding hydrogens is 396 g/mol. The highest BCUT2D eigenvalue weighted by Crippen LogP contribution is 2.24. The Hall–Kier alpha value is -2.98. The van der Waals surface area contributed by atoms with Gasteiger partial charge in [-0.25, -0.2) is 18.4 Å². The number of thiophene rings is 1. The zero-order valence-electron chi connectivity index (χ0n) is 15.0. The number of nitrogens with zero attached hydrogens (tertiary/aromatic N) is 4. The highest BCUT2D eigenvalue weighted by Gasteiger charge is 2.20. The van der Waals surface area contributed by atoms with E-state index in [2.05, 4.69) is 31.2 Å². The summed E-state index contributed by atoms with van der Waals surface area (Å²) in [5.74, 6) is 0.552. The van der Waals surface area contributed by atoms with Crippen molar-refractivity contribution in [3.05, 3.63) is 59.0 Å². The zero-order valence-corrected chi connectivity index (χ0v) is 16.7. The van der Waals surface area contributed by atoms with Gasteiger partial charge < -0.3 is 5.32 Å². The van der Waals surface area contributed by atoms with Crippen molar-refractivity contribution in [2.75, 3.05) is 16.6 Å². The molecule has 4 rings (SSSR count). The molecule has 4 aromatic rings. The lowest BCUT2D eigenvalue weighted by molar-refractivity contribution is 0.601. The van der Waals surface area contributed by atoms with E-state index in [1.54, 1.807) is 24.5 Å². The number of hydrogen-bond donors (Lipinski definition) is 2. The monoisotopic (exact) mass is 414 g/mol. The summed E-state index contributed by atoms with van der Waals surface area (Å²) >= 11 is 1.68. The molecule has 0 unspecified atom stereocenters. The van der Waals surface area contributed by atoms with Gasteiger partial charge in [-0.3, -0.25) is 9.40 Å². The maximum Gasteiger partial charge on any atom is 0.266 e. The topological polar surface area (TPSA) is 102 Å². The summed E-state index contributed by atoms with van der Waals surface area (Å²) in [7, 11) is -2.17. The second kappa shape index (κ2) is 7.56. The van der Waals surface area contributed by atoms with Crippen LogP contribution in [-0.4, -0.2) is 34.7 Å². The summed E-state index contributed by atoms with van der Waals surface area (Å²) in [4.78, 5) is 10.3. The molecule has 2 N–H and O–H groups in total. The van der Waals surface area contributed by atoms with Crippen LogP contribution in [0.1, 0.15) is 4.88 Å². The van der Waals surface area contributed by atoms with Gasteiger partial charge in [0.05, 0.1) is 17.2 Å². The summed E-state index contributed by atoms with van der Waals surface area (Å²) in [5.41, 5.74) is 1.29. The van der Waals surface area contributed by atoms with Gasteiger partial charge in [-0.2, -0.15) is 5.10 Å². The molecule has 1 aromatic carbocycles. The predicted molar refractivity (Wildman–Crippen MR) is 110 cm³/mol. The Kier molecular flexibility index (Phi) is 4.97. The fourth-order valence-corrected chi connectivity index (χ4v) is 4.38. The van der Waals surface area contributed by atoms with Gasteiger partial charge in [0.2, 0.25) is 0 Å². The molecule has 0 amide bonds. The van der Waals surface area contributed by atoms with Crippen LogP contribution in [0.5, 0.6) is 0 Å². The van der Waals surface area contributed by atoms with Gasteiger partial charge in [-0.15, -0.1) is 11.3 Å². The van der Waals surface area contributed by atoms with Crippen molar-refractivity contribution in [2.45, 2.75) is 11.3 Å².